The minimum Gasteiger partial charge on any atom is -0.324 e. The molecule has 1 rings (SSSR count). The molecule has 17 heavy (non-hydrogen) atoms. The van der Waals surface area contributed by atoms with Crippen LogP contribution in [0.3, 0.4) is 0 Å². The van der Waals surface area contributed by atoms with E-state index in [0.29, 0.717) is 24.8 Å². The summed E-state index contributed by atoms with van der Waals surface area (Å²) in [5.41, 5.74) is 5.52. The first-order valence-electron chi connectivity index (χ1n) is 5.31. The summed E-state index contributed by atoms with van der Waals surface area (Å²) in [6.07, 6.45) is -2.11. The minimum atomic E-state index is -4.35. The van der Waals surface area contributed by atoms with E-state index in [0.717, 1.165) is 18.4 Å². The van der Waals surface area contributed by atoms with Crippen molar-refractivity contribution in [2.75, 3.05) is 0 Å². The first kappa shape index (κ1) is 13.7. The standard InChI is InChI=1S/C12H14F3NO/c13-12(14,15)10-5-3-4-9(8-10)11(16)6-1-2-7-17/h3-5,7-8,11H,1-2,6,16H2/t11-/m0/s1. The Balaban J connectivity index is 2.74. The monoisotopic (exact) mass is 245 g/mol. The lowest BCUT2D eigenvalue weighted by Crippen LogP contribution is -2.12. The van der Waals surface area contributed by atoms with Gasteiger partial charge in [0.1, 0.15) is 6.29 Å². The van der Waals surface area contributed by atoms with Gasteiger partial charge in [0, 0.05) is 12.5 Å². The Labute approximate surface area is 97.6 Å². The van der Waals surface area contributed by atoms with Gasteiger partial charge in [0.25, 0.3) is 0 Å². The van der Waals surface area contributed by atoms with Gasteiger partial charge < -0.3 is 10.5 Å². The molecule has 0 radical (unpaired) electrons. The van der Waals surface area contributed by atoms with Crippen LogP contribution in [0.4, 0.5) is 13.2 Å². The van der Waals surface area contributed by atoms with E-state index < -0.39 is 17.8 Å². The van der Waals surface area contributed by atoms with Crippen molar-refractivity contribution in [1.29, 1.82) is 0 Å². The molecule has 0 saturated carbocycles. The normalized spacial score (nSPS) is 13.4. The number of aldehydes is 1. The molecular weight excluding hydrogens is 231 g/mol. The number of unbranched alkanes of at least 4 members (excludes halogenated alkanes) is 1. The van der Waals surface area contributed by atoms with E-state index in [-0.39, 0.29) is 0 Å². The van der Waals surface area contributed by atoms with Gasteiger partial charge in [0.2, 0.25) is 0 Å². The third-order valence-corrected chi connectivity index (χ3v) is 2.48. The van der Waals surface area contributed by atoms with Gasteiger partial charge in [-0.3, -0.25) is 0 Å². The maximum atomic E-state index is 12.5. The molecule has 0 saturated heterocycles. The zero-order chi connectivity index (χ0) is 12.9. The summed E-state index contributed by atoms with van der Waals surface area (Å²) in [5.74, 6) is 0. The molecule has 0 amide bonds. The van der Waals surface area contributed by atoms with Crippen LogP contribution in [0.25, 0.3) is 0 Å². The molecule has 0 heterocycles. The van der Waals surface area contributed by atoms with E-state index in [1.807, 2.05) is 0 Å². The van der Waals surface area contributed by atoms with Gasteiger partial charge in [0.15, 0.2) is 0 Å². The highest BCUT2D eigenvalue weighted by atomic mass is 19.4. The summed E-state index contributed by atoms with van der Waals surface area (Å²) in [6, 6.07) is 4.53. The molecule has 1 aromatic carbocycles. The van der Waals surface area contributed by atoms with Gasteiger partial charge in [-0.15, -0.1) is 0 Å². The van der Waals surface area contributed by atoms with Crippen LogP contribution < -0.4 is 5.73 Å². The zero-order valence-corrected chi connectivity index (χ0v) is 9.20. The van der Waals surface area contributed by atoms with Crippen molar-refractivity contribution >= 4 is 6.29 Å². The molecule has 0 bridgehead atoms. The second kappa shape index (κ2) is 5.82. The number of rotatable bonds is 5. The highest BCUT2D eigenvalue weighted by Gasteiger charge is 2.30. The zero-order valence-electron chi connectivity index (χ0n) is 9.20. The van der Waals surface area contributed by atoms with Crippen LogP contribution in [-0.2, 0) is 11.0 Å². The van der Waals surface area contributed by atoms with Crippen molar-refractivity contribution in [1.82, 2.24) is 0 Å². The van der Waals surface area contributed by atoms with Crippen LogP contribution in [0.15, 0.2) is 24.3 Å². The predicted molar refractivity (Wildman–Crippen MR) is 58.3 cm³/mol. The maximum absolute atomic E-state index is 12.5. The molecule has 0 aliphatic heterocycles. The van der Waals surface area contributed by atoms with Crippen molar-refractivity contribution in [2.24, 2.45) is 5.73 Å². The molecule has 94 valence electrons. The molecule has 2 N–H and O–H groups in total. The first-order valence-corrected chi connectivity index (χ1v) is 5.31. The third kappa shape index (κ3) is 4.19. The lowest BCUT2D eigenvalue weighted by atomic mass is 10.00. The number of hydrogen-bond acceptors (Lipinski definition) is 2. The lowest BCUT2D eigenvalue weighted by molar-refractivity contribution is -0.137. The Hall–Kier alpha value is -1.36. The molecule has 2 nitrogen and oxygen atoms in total. The second-order valence-corrected chi connectivity index (χ2v) is 3.83. The molecule has 5 heteroatoms. The van der Waals surface area contributed by atoms with Crippen molar-refractivity contribution in [3.63, 3.8) is 0 Å². The summed E-state index contributed by atoms with van der Waals surface area (Å²) in [7, 11) is 0. The number of carbonyl (C=O) groups is 1. The highest BCUT2D eigenvalue weighted by molar-refractivity contribution is 5.49. The molecule has 0 aliphatic carbocycles. The summed E-state index contributed by atoms with van der Waals surface area (Å²) in [4.78, 5) is 10.1. The van der Waals surface area contributed by atoms with E-state index in [2.05, 4.69) is 0 Å². The van der Waals surface area contributed by atoms with E-state index >= 15 is 0 Å². The summed E-state index contributed by atoms with van der Waals surface area (Å²) >= 11 is 0. The van der Waals surface area contributed by atoms with Crippen LogP contribution in [0.1, 0.15) is 36.4 Å². The Kier molecular flexibility index (Phi) is 4.69. The fraction of sp³-hybridized carbons (Fsp3) is 0.417. The minimum absolute atomic E-state index is 0.382. The van der Waals surface area contributed by atoms with Crippen LogP contribution >= 0.6 is 0 Å². The number of benzene rings is 1. The third-order valence-electron chi connectivity index (χ3n) is 2.48. The fourth-order valence-electron chi connectivity index (χ4n) is 1.53. The number of halogens is 3. The second-order valence-electron chi connectivity index (χ2n) is 3.83. The van der Waals surface area contributed by atoms with E-state index in [1.165, 1.54) is 6.07 Å². The van der Waals surface area contributed by atoms with Gasteiger partial charge in [-0.2, -0.15) is 13.2 Å². The van der Waals surface area contributed by atoms with Crippen LogP contribution in [0, 0.1) is 0 Å². The molecular formula is C12H14F3NO. The number of hydrogen-bond donors (Lipinski definition) is 1. The molecule has 1 atom stereocenters. The molecule has 1 aromatic rings. The van der Waals surface area contributed by atoms with Crippen molar-refractivity contribution < 1.29 is 18.0 Å². The summed E-state index contributed by atoms with van der Waals surface area (Å²) < 4.78 is 37.4. The Morgan fingerprint density at radius 3 is 2.65 bits per heavy atom. The first-order chi connectivity index (χ1) is 7.95. The molecule has 0 unspecified atom stereocenters. The van der Waals surface area contributed by atoms with Gasteiger partial charge in [0.05, 0.1) is 5.56 Å². The average molecular weight is 245 g/mol. The van der Waals surface area contributed by atoms with Crippen molar-refractivity contribution in [3.8, 4) is 0 Å². The fourth-order valence-corrected chi connectivity index (χ4v) is 1.53. The smallest absolute Gasteiger partial charge is 0.324 e. The highest BCUT2D eigenvalue weighted by Crippen LogP contribution is 2.31. The van der Waals surface area contributed by atoms with E-state index in [1.54, 1.807) is 6.07 Å². The van der Waals surface area contributed by atoms with Crippen molar-refractivity contribution in [3.05, 3.63) is 35.4 Å². The number of nitrogens with two attached hydrogens (primary N) is 1. The summed E-state index contributed by atoms with van der Waals surface area (Å²) in [5, 5.41) is 0. The molecule has 0 aliphatic rings. The lowest BCUT2D eigenvalue weighted by Gasteiger charge is -2.13. The topological polar surface area (TPSA) is 43.1 Å². The Morgan fingerprint density at radius 1 is 1.35 bits per heavy atom. The maximum Gasteiger partial charge on any atom is 0.416 e. The van der Waals surface area contributed by atoms with Crippen LogP contribution in [-0.4, -0.2) is 6.29 Å². The Morgan fingerprint density at radius 2 is 2.06 bits per heavy atom. The van der Waals surface area contributed by atoms with E-state index in [9.17, 15) is 18.0 Å². The molecule has 0 aromatic heterocycles. The number of alkyl halides is 3. The average Bonchev–Trinajstić information content (AvgIpc) is 2.28. The van der Waals surface area contributed by atoms with Crippen LogP contribution in [0.5, 0.6) is 0 Å². The summed E-state index contributed by atoms with van der Waals surface area (Å²) in [6.45, 7) is 0. The number of carbonyl (C=O) groups excluding carboxylic acids is 1. The van der Waals surface area contributed by atoms with Gasteiger partial charge in [-0.05, 0) is 30.5 Å². The van der Waals surface area contributed by atoms with Crippen molar-refractivity contribution in [2.45, 2.75) is 31.5 Å². The van der Waals surface area contributed by atoms with Gasteiger partial charge in [-0.25, -0.2) is 0 Å². The largest absolute Gasteiger partial charge is 0.416 e. The van der Waals surface area contributed by atoms with Gasteiger partial charge >= 0.3 is 6.18 Å². The van der Waals surface area contributed by atoms with Gasteiger partial charge in [-0.1, -0.05) is 12.1 Å². The quantitative estimate of drug-likeness (QED) is 0.640. The molecule has 0 spiro atoms. The Bertz CT molecular complexity index is 376. The predicted octanol–water partition coefficient (Wildman–Crippen LogP) is 3.07. The van der Waals surface area contributed by atoms with Crippen LogP contribution in [0.2, 0.25) is 0 Å². The SMILES string of the molecule is N[C@@H](CCCC=O)c1cccc(C(F)(F)F)c1. The molecule has 0 fully saturated rings. The van der Waals surface area contributed by atoms with E-state index in [4.69, 9.17) is 5.73 Å².